The highest BCUT2D eigenvalue weighted by Crippen LogP contribution is 2.26. The van der Waals surface area contributed by atoms with Gasteiger partial charge in [-0.3, -0.25) is 9.98 Å². The molecule has 0 aliphatic heterocycles. The average Bonchev–Trinajstić information content (AvgIpc) is 2.73. The van der Waals surface area contributed by atoms with Crippen LogP contribution in [0.4, 0.5) is 0 Å². The molecule has 192 valence electrons. The van der Waals surface area contributed by atoms with Gasteiger partial charge >= 0.3 is 0 Å². The molecular formula is C26H40N2O5Si2. The van der Waals surface area contributed by atoms with Crippen molar-refractivity contribution < 1.29 is 24.5 Å². The summed E-state index contributed by atoms with van der Waals surface area (Å²) < 4.78 is 6.72. The maximum atomic E-state index is 10.00. The third-order valence-electron chi connectivity index (χ3n) is 5.87. The molecule has 0 aromatic heterocycles. The molecule has 0 saturated carbocycles. The van der Waals surface area contributed by atoms with E-state index in [4.69, 9.17) is 4.12 Å². The number of aliphatic imine (C=N–C) groups is 2. The summed E-state index contributed by atoms with van der Waals surface area (Å²) in [5.74, 6) is 0.150. The van der Waals surface area contributed by atoms with E-state index in [1.165, 1.54) is 12.1 Å². The van der Waals surface area contributed by atoms with E-state index < -0.39 is 16.6 Å². The largest absolute Gasteiger partial charge is 0.508 e. The fourth-order valence-corrected chi connectivity index (χ4v) is 13.0. The normalized spacial score (nSPS) is 13.3. The van der Waals surface area contributed by atoms with Crippen LogP contribution in [0, 0.1) is 0 Å². The zero-order chi connectivity index (χ0) is 26.2. The lowest BCUT2D eigenvalue weighted by atomic mass is 10.1. The van der Waals surface area contributed by atoms with Crippen LogP contribution in [0.3, 0.4) is 0 Å². The summed E-state index contributed by atoms with van der Waals surface area (Å²) in [6.07, 6.45) is 1.86. The van der Waals surface area contributed by atoms with Gasteiger partial charge < -0.3 is 24.5 Å². The number of aromatic hydroxyl groups is 4. The van der Waals surface area contributed by atoms with Crippen LogP contribution in [-0.4, -0.2) is 61.6 Å². The lowest BCUT2D eigenvalue weighted by Gasteiger charge is -2.34. The predicted octanol–water partition coefficient (Wildman–Crippen LogP) is 6.03. The van der Waals surface area contributed by atoms with E-state index in [9.17, 15) is 20.4 Å². The van der Waals surface area contributed by atoms with E-state index in [2.05, 4.69) is 36.2 Å². The van der Waals surface area contributed by atoms with Crippen LogP contribution in [-0.2, 0) is 4.12 Å². The molecule has 2 aromatic carbocycles. The summed E-state index contributed by atoms with van der Waals surface area (Å²) in [5.41, 5.74) is 2.80. The summed E-state index contributed by atoms with van der Waals surface area (Å²) in [7, 11) is -3.68. The number of benzene rings is 2. The highest BCUT2D eigenvalue weighted by atomic mass is 28.4. The molecule has 0 saturated heterocycles. The average molecular weight is 517 g/mol. The molecule has 0 bridgehead atoms. The molecular weight excluding hydrogens is 476 g/mol. The Morgan fingerprint density at radius 1 is 0.686 bits per heavy atom. The molecule has 0 spiro atoms. The number of rotatable bonds is 12. The van der Waals surface area contributed by atoms with Crippen molar-refractivity contribution in [3.05, 3.63) is 47.5 Å². The second-order valence-electron chi connectivity index (χ2n) is 10.2. The second kappa shape index (κ2) is 12.4. The molecule has 0 aliphatic carbocycles. The minimum atomic E-state index is -1.84. The minimum absolute atomic E-state index is 0.0364. The molecule has 0 radical (unpaired) electrons. The summed E-state index contributed by atoms with van der Waals surface area (Å²) in [4.78, 5) is 9.21. The monoisotopic (exact) mass is 516 g/mol. The van der Waals surface area contributed by atoms with Crippen LogP contribution in [0.25, 0.3) is 0 Å². The van der Waals surface area contributed by atoms with Crippen LogP contribution < -0.4 is 0 Å². The Hall–Kier alpha value is -2.63. The van der Waals surface area contributed by atoms with Crippen molar-refractivity contribution in [1.29, 1.82) is 0 Å². The van der Waals surface area contributed by atoms with Gasteiger partial charge in [-0.15, -0.1) is 0 Å². The van der Waals surface area contributed by atoms with Gasteiger partial charge in [-0.2, -0.15) is 0 Å². The van der Waals surface area contributed by atoms with Crippen molar-refractivity contribution in [3.8, 4) is 23.0 Å². The molecule has 0 atom stereocenters. The number of hydrogen-bond donors (Lipinski definition) is 4. The van der Waals surface area contributed by atoms with E-state index in [1.807, 2.05) is 13.8 Å². The van der Waals surface area contributed by atoms with Crippen molar-refractivity contribution in [2.75, 3.05) is 13.1 Å². The smallest absolute Gasteiger partial charge is 0.173 e. The standard InChI is InChI=1S/C26H40N2O5Si2/c1-19(23-11-9-21(29)17-25(23)31)27-13-7-15-34(3,4)33-35(5,6)16-8-14-28-20(2)24-12-10-22(30)18-26(24)32/h9-12,17-18,29-32H,7-8,13-16H2,1-6H3. The summed E-state index contributed by atoms with van der Waals surface area (Å²) in [6, 6.07) is 11.1. The quantitative estimate of drug-likeness (QED) is 0.156. The zero-order valence-corrected chi connectivity index (χ0v) is 23.8. The van der Waals surface area contributed by atoms with Crippen molar-refractivity contribution in [2.24, 2.45) is 9.98 Å². The summed E-state index contributed by atoms with van der Waals surface area (Å²) in [5, 5.41) is 38.9. The van der Waals surface area contributed by atoms with Crippen molar-refractivity contribution >= 4 is 28.1 Å². The van der Waals surface area contributed by atoms with Crippen LogP contribution in [0.2, 0.25) is 38.3 Å². The van der Waals surface area contributed by atoms with E-state index in [1.54, 1.807) is 24.3 Å². The van der Waals surface area contributed by atoms with Gasteiger partial charge in [0.05, 0.1) is 0 Å². The first kappa shape index (κ1) is 28.6. The second-order valence-corrected chi connectivity index (χ2v) is 19.0. The topological polar surface area (TPSA) is 115 Å². The van der Waals surface area contributed by atoms with E-state index >= 15 is 0 Å². The summed E-state index contributed by atoms with van der Waals surface area (Å²) in [6.45, 7) is 14.1. The van der Waals surface area contributed by atoms with Gasteiger partial charge in [0.25, 0.3) is 0 Å². The molecule has 2 aromatic rings. The lowest BCUT2D eigenvalue weighted by Crippen LogP contribution is -2.44. The Morgan fingerprint density at radius 2 is 1.06 bits per heavy atom. The first-order valence-corrected chi connectivity index (χ1v) is 18.3. The number of phenols is 4. The highest BCUT2D eigenvalue weighted by molar-refractivity contribution is 6.84. The van der Waals surface area contributed by atoms with E-state index in [-0.39, 0.29) is 23.0 Å². The third-order valence-corrected chi connectivity index (χ3v) is 13.4. The fraction of sp³-hybridized carbons (Fsp3) is 0.462. The van der Waals surface area contributed by atoms with Crippen LogP contribution >= 0.6 is 0 Å². The van der Waals surface area contributed by atoms with Gasteiger partial charge in [0.2, 0.25) is 0 Å². The van der Waals surface area contributed by atoms with Gasteiger partial charge in [0, 0.05) is 47.8 Å². The maximum Gasteiger partial charge on any atom is 0.173 e. The molecule has 9 heteroatoms. The third kappa shape index (κ3) is 9.50. The summed E-state index contributed by atoms with van der Waals surface area (Å²) >= 11 is 0. The first-order valence-electron chi connectivity index (χ1n) is 12.1. The van der Waals surface area contributed by atoms with Crippen molar-refractivity contribution in [3.63, 3.8) is 0 Å². The van der Waals surface area contributed by atoms with E-state index in [0.29, 0.717) is 24.2 Å². The van der Waals surface area contributed by atoms with Crippen LogP contribution in [0.5, 0.6) is 23.0 Å². The van der Waals surface area contributed by atoms with Gasteiger partial charge in [-0.05, 0) is 89.2 Å². The maximum absolute atomic E-state index is 10.00. The molecule has 0 unspecified atom stereocenters. The SMILES string of the molecule is CC(=NCCC[Si](C)(C)O[Si](C)(C)CCCN=C(C)c1ccc(O)cc1O)c1ccc(O)cc1O. The Balaban J connectivity index is 1.80. The van der Waals surface area contributed by atoms with Crippen LogP contribution in [0.15, 0.2) is 46.4 Å². The first-order chi connectivity index (χ1) is 16.3. The Kier molecular flexibility index (Phi) is 10.1. The van der Waals surface area contributed by atoms with Gasteiger partial charge in [0.15, 0.2) is 16.6 Å². The molecule has 0 amide bonds. The molecule has 0 fully saturated rings. The number of nitrogens with zero attached hydrogens (tertiary/aromatic N) is 2. The molecule has 0 heterocycles. The van der Waals surface area contributed by atoms with Gasteiger partial charge in [0.1, 0.15) is 23.0 Å². The number of phenolic OH excluding ortho intramolecular Hbond substituents is 4. The minimum Gasteiger partial charge on any atom is -0.508 e. The van der Waals surface area contributed by atoms with Gasteiger partial charge in [-0.25, -0.2) is 0 Å². The molecule has 2 rings (SSSR count). The Morgan fingerprint density at radius 3 is 1.40 bits per heavy atom. The Labute approximate surface area is 211 Å². The molecule has 4 N–H and O–H groups in total. The zero-order valence-electron chi connectivity index (χ0n) is 21.8. The van der Waals surface area contributed by atoms with Gasteiger partial charge in [-0.1, -0.05) is 0 Å². The van der Waals surface area contributed by atoms with E-state index in [0.717, 1.165) is 36.4 Å². The number of hydrogen-bond acceptors (Lipinski definition) is 7. The predicted molar refractivity (Wildman–Crippen MR) is 149 cm³/mol. The Bertz CT molecular complexity index is 984. The lowest BCUT2D eigenvalue weighted by molar-refractivity contribution is 0.448. The van der Waals surface area contributed by atoms with Crippen molar-refractivity contribution in [2.45, 2.75) is 65.0 Å². The van der Waals surface area contributed by atoms with Crippen molar-refractivity contribution in [1.82, 2.24) is 0 Å². The molecule has 35 heavy (non-hydrogen) atoms. The van der Waals surface area contributed by atoms with Crippen LogP contribution in [0.1, 0.15) is 37.8 Å². The molecule has 0 aliphatic rings. The highest BCUT2D eigenvalue weighted by Gasteiger charge is 2.32. The fourth-order valence-electron chi connectivity index (χ4n) is 4.18. The molecule has 7 nitrogen and oxygen atoms in total.